The fourth-order valence-electron chi connectivity index (χ4n) is 3.83. The molecule has 1 unspecified atom stereocenters. The Kier molecular flexibility index (Phi) is 6.12. The van der Waals surface area contributed by atoms with E-state index in [0.29, 0.717) is 17.8 Å². The monoisotopic (exact) mass is 429 g/mol. The molecule has 0 bridgehead atoms. The summed E-state index contributed by atoms with van der Waals surface area (Å²) in [7, 11) is -3.75. The minimum atomic E-state index is -3.75. The van der Waals surface area contributed by atoms with E-state index in [0.717, 1.165) is 0 Å². The molecule has 0 saturated carbocycles. The number of halogens is 2. The van der Waals surface area contributed by atoms with Crippen LogP contribution >= 0.6 is 7.60 Å². The normalized spacial score (nSPS) is 22.3. The average Bonchev–Trinajstić information content (AvgIpc) is 2.62. The lowest BCUT2D eigenvalue weighted by Crippen LogP contribution is -2.33. The highest BCUT2D eigenvalue weighted by Gasteiger charge is 2.45. The van der Waals surface area contributed by atoms with Gasteiger partial charge in [-0.3, -0.25) is 4.57 Å². The van der Waals surface area contributed by atoms with Crippen LogP contribution in [0.25, 0.3) is 0 Å². The van der Waals surface area contributed by atoms with Crippen LogP contribution < -0.4 is 9.64 Å². The fraction of sp³-hybridized carbons (Fsp3) is 0.421. The summed E-state index contributed by atoms with van der Waals surface area (Å²) in [6, 6.07) is 6.02. The van der Waals surface area contributed by atoms with Crippen LogP contribution in [0.1, 0.15) is 27.2 Å². The Morgan fingerprint density at radius 3 is 2.45 bits per heavy atom. The van der Waals surface area contributed by atoms with Gasteiger partial charge >= 0.3 is 20.2 Å². The SMILES string of the molecule is CC1=C(C(=O)O)C(C)C(P2(=O)OCCCO2)=C(C)N1c1ccccc1OC(F)F. The van der Waals surface area contributed by atoms with Crippen LogP contribution in [0.2, 0.25) is 0 Å². The van der Waals surface area contributed by atoms with E-state index >= 15 is 0 Å². The van der Waals surface area contributed by atoms with Gasteiger partial charge in [-0.1, -0.05) is 19.1 Å². The number of rotatable bonds is 5. The Bertz CT molecular complexity index is 919. The van der Waals surface area contributed by atoms with Gasteiger partial charge in [0.25, 0.3) is 0 Å². The molecular weight excluding hydrogens is 407 g/mol. The second-order valence-corrected chi connectivity index (χ2v) is 8.69. The second-order valence-electron chi connectivity index (χ2n) is 6.70. The number of anilines is 1. The van der Waals surface area contributed by atoms with Crippen LogP contribution in [0.4, 0.5) is 14.5 Å². The number of ether oxygens (including phenoxy) is 1. The van der Waals surface area contributed by atoms with Crippen LogP contribution in [-0.2, 0) is 18.4 Å². The van der Waals surface area contributed by atoms with Gasteiger partial charge in [-0.05, 0) is 32.4 Å². The van der Waals surface area contributed by atoms with Gasteiger partial charge in [0.15, 0.2) is 0 Å². The summed E-state index contributed by atoms with van der Waals surface area (Å²) < 4.78 is 54.8. The topological polar surface area (TPSA) is 85.3 Å². The predicted octanol–water partition coefficient (Wildman–Crippen LogP) is 4.96. The zero-order chi connectivity index (χ0) is 21.3. The van der Waals surface area contributed by atoms with E-state index in [1.165, 1.54) is 23.1 Å². The van der Waals surface area contributed by atoms with E-state index in [2.05, 4.69) is 4.74 Å². The van der Waals surface area contributed by atoms with Crippen molar-refractivity contribution in [2.45, 2.75) is 33.8 Å². The minimum Gasteiger partial charge on any atom is -0.478 e. The largest absolute Gasteiger partial charge is 0.478 e. The number of alkyl halides is 2. The van der Waals surface area contributed by atoms with Gasteiger partial charge in [-0.25, -0.2) is 4.79 Å². The molecule has 1 aromatic carbocycles. The first-order valence-corrected chi connectivity index (χ1v) is 10.6. The number of hydrogen-bond acceptors (Lipinski definition) is 6. The van der Waals surface area contributed by atoms with Crippen molar-refractivity contribution in [2.24, 2.45) is 5.92 Å². The summed E-state index contributed by atoms with van der Waals surface area (Å²) >= 11 is 0. The third-order valence-electron chi connectivity index (χ3n) is 4.93. The van der Waals surface area contributed by atoms with E-state index in [1.54, 1.807) is 26.8 Å². The fourth-order valence-corrected chi connectivity index (χ4v) is 6.02. The van der Waals surface area contributed by atoms with E-state index < -0.39 is 26.1 Å². The van der Waals surface area contributed by atoms with Crippen molar-refractivity contribution in [1.82, 2.24) is 0 Å². The molecule has 0 amide bonds. The molecule has 7 nitrogen and oxygen atoms in total. The highest BCUT2D eigenvalue weighted by atomic mass is 31.2. The van der Waals surface area contributed by atoms with Crippen LogP contribution in [-0.4, -0.2) is 30.9 Å². The molecule has 158 valence electrons. The number of nitrogens with zero attached hydrogens (tertiary/aromatic N) is 1. The number of benzene rings is 1. The van der Waals surface area contributed by atoms with Crippen LogP contribution in [0, 0.1) is 5.92 Å². The summed E-state index contributed by atoms with van der Waals surface area (Å²) in [4.78, 5) is 13.5. The standard InChI is InChI=1S/C19H22F2NO6P/c1-11-16(18(23)24)12(2)22(14-7-4-5-8-15(14)28-19(20)21)13(3)17(11)29(25)26-9-6-10-27-29/h4-5,7-8,11,19H,6,9-10H2,1-3H3,(H,23,24). The van der Waals surface area contributed by atoms with E-state index in [-0.39, 0.29) is 35.5 Å². The van der Waals surface area contributed by atoms with Crippen molar-refractivity contribution in [3.8, 4) is 5.75 Å². The molecule has 1 fully saturated rings. The molecule has 1 aromatic rings. The van der Waals surface area contributed by atoms with Gasteiger partial charge in [0.1, 0.15) is 5.75 Å². The van der Waals surface area contributed by atoms with Crippen LogP contribution in [0.5, 0.6) is 5.75 Å². The first-order chi connectivity index (χ1) is 13.7. The molecule has 0 aromatic heterocycles. The molecule has 29 heavy (non-hydrogen) atoms. The molecule has 0 aliphatic carbocycles. The third-order valence-corrected chi connectivity index (χ3v) is 7.28. The first-order valence-electron chi connectivity index (χ1n) is 9.06. The van der Waals surface area contributed by atoms with Gasteiger partial charge < -0.3 is 23.8 Å². The highest BCUT2D eigenvalue weighted by molar-refractivity contribution is 7.58. The minimum absolute atomic E-state index is 0.0227. The van der Waals surface area contributed by atoms with Gasteiger partial charge in [0.2, 0.25) is 0 Å². The molecule has 3 rings (SSSR count). The summed E-state index contributed by atoms with van der Waals surface area (Å²) in [6.45, 7) is 2.20. The zero-order valence-corrected chi connectivity index (χ0v) is 17.1. The lowest BCUT2D eigenvalue weighted by Gasteiger charge is -2.39. The number of carboxylic acids is 1. The third kappa shape index (κ3) is 3.95. The number of carboxylic acid groups (broad SMARTS) is 1. The van der Waals surface area contributed by atoms with Crippen LogP contribution in [0.15, 0.2) is 46.5 Å². The van der Waals surface area contributed by atoms with Crippen LogP contribution in [0.3, 0.4) is 0 Å². The summed E-state index contributed by atoms with van der Waals surface area (Å²) in [5.41, 5.74) is 0.885. The number of aliphatic carboxylic acids is 1. The molecule has 1 atom stereocenters. The molecule has 1 saturated heterocycles. The van der Waals surface area contributed by atoms with Crippen molar-refractivity contribution >= 4 is 19.3 Å². The predicted molar refractivity (Wildman–Crippen MR) is 102 cm³/mol. The molecule has 2 aliphatic rings. The van der Waals surface area contributed by atoms with E-state index in [4.69, 9.17) is 9.05 Å². The molecule has 10 heteroatoms. The highest BCUT2D eigenvalue weighted by Crippen LogP contribution is 2.64. The second kappa shape index (κ2) is 8.26. The van der Waals surface area contributed by atoms with Gasteiger partial charge in [0.05, 0.1) is 29.8 Å². The maximum absolute atomic E-state index is 13.4. The molecule has 0 radical (unpaired) electrons. The Morgan fingerprint density at radius 2 is 1.86 bits per heavy atom. The van der Waals surface area contributed by atoms with Crippen molar-refractivity contribution in [1.29, 1.82) is 0 Å². The summed E-state index contributed by atoms with van der Waals surface area (Å²) in [5, 5.41) is 10.0. The van der Waals surface area contributed by atoms with Gasteiger partial charge in [-0.15, -0.1) is 0 Å². The molecule has 1 N–H and O–H groups in total. The zero-order valence-electron chi connectivity index (χ0n) is 16.2. The number of carbonyl (C=O) groups is 1. The van der Waals surface area contributed by atoms with Gasteiger partial charge in [0, 0.05) is 17.3 Å². The van der Waals surface area contributed by atoms with Crippen molar-refractivity contribution in [3.63, 3.8) is 0 Å². The van der Waals surface area contributed by atoms with Crippen molar-refractivity contribution in [2.75, 3.05) is 18.1 Å². The van der Waals surface area contributed by atoms with Gasteiger partial charge in [-0.2, -0.15) is 8.78 Å². The van der Waals surface area contributed by atoms with Crippen molar-refractivity contribution in [3.05, 3.63) is 46.5 Å². The first kappa shape index (κ1) is 21.5. The summed E-state index contributed by atoms with van der Waals surface area (Å²) in [5.74, 6) is -2.10. The molecule has 0 spiro atoms. The molecular formula is C19H22F2NO6P. The smallest absolute Gasteiger partial charge is 0.387 e. The Balaban J connectivity index is 2.23. The Labute approximate surface area is 167 Å². The number of para-hydroxylation sites is 2. The lowest BCUT2D eigenvalue weighted by molar-refractivity contribution is -0.133. The number of allylic oxidation sites excluding steroid dienone is 3. The lowest BCUT2D eigenvalue weighted by atomic mass is 9.93. The summed E-state index contributed by atoms with van der Waals surface area (Å²) in [6.07, 6.45) is 0.570. The molecule has 2 heterocycles. The number of hydrogen-bond donors (Lipinski definition) is 1. The average molecular weight is 429 g/mol. The molecule has 2 aliphatic heterocycles. The quantitative estimate of drug-likeness (QED) is 0.662. The Morgan fingerprint density at radius 1 is 1.24 bits per heavy atom. The maximum atomic E-state index is 13.4. The van der Waals surface area contributed by atoms with E-state index in [9.17, 15) is 23.2 Å². The Hall–Kier alpha value is -2.22. The van der Waals surface area contributed by atoms with E-state index in [1.807, 2.05) is 0 Å². The maximum Gasteiger partial charge on any atom is 0.387 e. The van der Waals surface area contributed by atoms with Crippen molar-refractivity contribution < 1.29 is 37.0 Å².